The molecule has 4 heteroatoms. The summed E-state index contributed by atoms with van der Waals surface area (Å²) in [5.74, 6) is -0.0860. The average molecular weight is 227 g/mol. The summed E-state index contributed by atoms with van der Waals surface area (Å²) in [6.45, 7) is 5.92. The van der Waals surface area contributed by atoms with Gasteiger partial charge >= 0.3 is 0 Å². The summed E-state index contributed by atoms with van der Waals surface area (Å²) in [7, 11) is 0. The molecule has 0 aliphatic heterocycles. The van der Waals surface area contributed by atoms with Gasteiger partial charge in [-0.05, 0) is 31.9 Å². The number of hydrogen-bond acceptors (Lipinski definition) is 3. The minimum atomic E-state index is -0.139. The second kappa shape index (κ2) is 5.28. The van der Waals surface area contributed by atoms with Crippen LogP contribution in [0.25, 0.3) is 0 Å². The molecule has 1 heterocycles. The smallest absolute Gasteiger partial charge is 0.261 e. The predicted molar refractivity (Wildman–Crippen MR) is 62.4 cm³/mol. The zero-order valence-corrected chi connectivity index (χ0v) is 10.1. The maximum atomic E-state index is 11.7. The molecule has 0 saturated carbocycles. The topological polar surface area (TPSA) is 49.3 Å². The van der Waals surface area contributed by atoms with Gasteiger partial charge in [0.05, 0.1) is 17.5 Å². The Balaban J connectivity index is 2.68. The van der Waals surface area contributed by atoms with Gasteiger partial charge in [-0.2, -0.15) is 0 Å². The Bertz CT molecular complexity index is 323. The molecule has 0 saturated heterocycles. The molecule has 0 aliphatic rings. The number of aryl methyl sites for hydroxylation is 2. The number of rotatable bonds is 4. The van der Waals surface area contributed by atoms with E-state index in [1.807, 2.05) is 26.8 Å². The monoisotopic (exact) mass is 227 g/mol. The first kappa shape index (κ1) is 12.2. The van der Waals surface area contributed by atoms with E-state index >= 15 is 0 Å². The van der Waals surface area contributed by atoms with Crippen LogP contribution in [-0.2, 0) is 0 Å². The van der Waals surface area contributed by atoms with Crippen molar-refractivity contribution in [2.24, 2.45) is 0 Å². The summed E-state index contributed by atoms with van der Waals surface area (Å²) >= 11 is 1.49. The summed E-state index contributed by atoms with van der Waals surface area (Å²) in [6, 6.07) is 1.75. The molecule has 0 fully saturated rings. The van der Waals surface area contributed by atoms with Crippen LogP contribution in [0.15, 0.2) is 6.07 Å². The highest BCUT2D eigenvalue weighted by Crippen LogP contribution is 2.20. The number of nitrogens with one attached hydrogen (secondary N) is 1. The lowest BCUT2D eigenvalue weighted by Crippen LogP contribution is -2.36. The van der Waals surface area contributed by atoms with E-state index in [0.29, 0.717) is 0 Å². The minimum Gasteiger partial charge on any atom is -0.394 e. The van der Waals surface area contributed by atoms with Gasteiger partial charge in [-0.25, -0.2) is 0 Å². The SMILES string of the molecule is CCC(CO)NC(=O)c1cc(C)c(C)s1. The molecule has 0 aliphatic carbocycles. The molecule has 84 valence electrons. The van der Waals surface area contributed by atoms with E-state index in [1.54, 1.807) is 0 Å². The quantitative estimate of drug-likeness (QED) is 0.825. The summed E-state index contributed by atoms with van der Waals surface area (Å²) in [5.41, 5.74) is 1.14. The maximum Gasteiger partial charge on any atom is 0.261 e. The van der Waals surface area contributed by atoms with Gasteiger partial charge in [0.1, 0.15) is 0 Å². The van der Waals surface area contributed by atoms with Crippen LogP contribution >= 0.6 is 11.3 Å². The molecule has 0 aromatic carbocycles. The maximum absolute atomic E-state index is 11.7. The average Bonchev–Trinajstić information content (AvgIpc) is 2.55. The zero-order valence-electron chi connectivity index (χ0n) is 9.33. The summed E-state index contributed by atoms with van der Waals surface area (Å²) in [5, 5.41) is 11.8. The fourth-order valence-electron chi connectivity index (χ4n) is 1.22. The molecule has 1 unspecified atom stereocenters. The van der Waals surface area contributed by atoms with Crippen LogP contribution in [-0.4, -0.2) is 23.7 Å². The number of carbonyl (C=O) groups is 1. The van der Waals surface area contributed by atoms with Gasteiger partial charge in [0, 0.05) is 4.88 Å². The second-order valence-corrected chi connectivity index (χ2v) is 4.87. The van der Waals surface area contributed by atoms with Crippen LogP contribution in [0.4, 0.5) is 0 Å². The number of aliphatic hydroxyl groups excluding tert-OH is 1. The van der Waals surface area contributed by atoms with Gasteiger partial charge in [0.15, 0.2) is 0 Å². The van der Waals surface area contributed by atoms with E-state index in [-0.39, 0.29) is 18.6 Å². The lowest BCUT2D eigenvalue weighted by Gasteiger charge is -2.12. The Morgan fingerprint density at radius 3 is 2.67 bits per heavy atom. The summed E-state index contributed by atoms with van der Waals surface area (Å²) < 4.78 is 0. The summed E-state index contributed by atoms with van der Waals surface area (Å²) in [4.78, 5) is 13.6. The molecule has 2 N–H and O–H groups in total. The van der Waals surface area contributed by atoms with Crippen molar-refractivity contribution in [1.29, 1.82) is 0 Å². The highest BCUT2D eigenvalue weighted by atomic mass is 32.1. The van der Waals surface area contributed by atoms with Crippen LogP contribution < -0.4 is 5.32 Å². The standard InChI is InChI=1S/C11H17NO2S/c1-4-9(6-13)12-11(14)10-5-7(2)8(3)15-10/h5,9,13H,4,6H2,1-3H3,(H,12,14). The highest BCUT2D eigenvalue weighted by Gasteiger charge is 2.13. The van der Waals surface area contributed by atoms with Gasteiger partial charge in [0.25, 0.3) is 5.91 Å². The first-order valence-electron chi connectivity index (χ1n) is 5.07. The lowest BCUT2D eigenvalue weighted by molar-refractivity contribution is 0.0919. The van der Waals surface area contributed by atoms with E-state index in [2.05, 4.69) is 5.32 Å². The van der Waals surface area contributed by atoms with Crippen molar-refractivity contribution in [3.8, 4) is 0 Å². The number of amides is 1. The molecular formula is C11H17NO2S. The predicted octanol–water partition coefficient (Wildman–Crippen LogP) is 1.87. The summed E-state index contributed by atoms with van der Waals surface area (Å²) in [6.07, 6.45) is 0.742. The third-order valence-corrected chi connectivity index (χ3v) is 3.59. The molecule has 0 bridgehead atoms. The Hall–Kier alpha value is -0.870. The van der Waals surface area contributed by atoms with Crippen molar-refractivity contribution in [3.05, 3.63) is 21.4 Å². The third kappa shape index (κ3) is 3.04. The fraction of sp³-hybridized carbons (Fsp3) is 0.545. The third-order valence-electron chi connectivity index (χ3n) is 2.44. The zero-order chi connectivity index (χ0) is 11.4. The normalized spacial score (nSPS) is 12.5. The number of hydrogen-bond donors (Lipinski definition) is 2. The molecule has 1 rings (SSSR count). The van der Waals surface area contributed by atoms with Crippen LogP contribution in [0.5, 0.6) is 0 Å². The largest absolute Gasteiger partial charge is 0.394 e. The van der Waals surface area contributed by atoms with Crippen molar-refractivity contribution in [1.82, 2.24) is 5.32 Å². The van der Waals surface area contributed by atoms with Gasteiger partial charge in [0.2, 0.25) is 0 Å². The van der Waals surface area contributed by atoms with Crippen LogP contribution in [0.2, 0.25) is 0 Å². The van der Waals surface area contributed by atoms with Crippen molar-refractivity contribution in [3.63, 3.8) is 0 Å². The Morgan fingerprint density at radius 1 is 1.60 bits per heavy atom. The number of aliphatic hydroxyl groups is 1. The van der Waals surface area contributed by atoms with Gasteiger partial charge in [-0.15, -0.1) is 11.3 Å². The van der Waals surface area contributed by atoms with Gasteiger partial charge in [-0.3, -0.25) is 4.79 Å². The van der Waals surface area contributed by atoms with Crippen molar-refractivity contribution < 1.29 is 9.90 Å². The van der Waals surface area contributed by atoms with Crippen LogP contribution in [0.1, 0.15) is 33.5 Å². The van der Waals surface area contributed by atoms with Crippen molar-refractivity contribution in [2.45, 2.75) is 33.2 Å². The molecule has 1 aromatic rings. The molecule has 3 nitrogen and oxygen atoms in total. The molecule has 1 aromatic heterocycles. The van der Waals surface area contributed by atoms with E-state index < -0.39 is 0 Å². The number of thiophene rings is 1. The first-order chi connectivity index (χ1) is 7.08. The van der Waals surface area contributed by atoms with Crippen LogP contribution in [0, 0.1) is 13.8 Å². The van der Waals surface area contributed by atoms with Crippen molar-refractivity contribution in [2.75, 3.05) is 6.61 Å². The fourth-order valence-corrected chi connectivity index (χ4v) is 2.16. The second-order valence-electron chi connectivity index (χ2n) is 3.61. The van der Waals surface area contributed by atoms with E-state index in [4.69, 9.17) is 5.11 Å². The van der Waals surface area contributed by atoms with Gasteiger partial charge in [-0.1, -0.05) is 6.92 Å². The molecular weight excluding hydrogens is 210 g/mol. The van der Waals surface area contributed by atoms with E-state index in [0.717, 1.165) is 21.7 Å². The first-order valence-corrected chi connectivity index (χ1v) is 5.88. The molecule has 1 atom stereocenters. The Morgan fingerprint density at radius 2 is 2.27 bits per heavy atom. The Labute approximate surface area is 94.1 Å². The lowest BCUT2D eigenvalue weighted by atomic mass is 10.2. The number of carbonyl (C=O) groups excluding carboxylic acids is 1. The molecule has 0 radical (unpaired) electrons. The van der Waals surface area contributed by atoms with Crippen molar-refractivity contribution >= 4 is 17.2 Å². The molecule has 15 heavy (non-hydrogen) atoms. The van der Waals surface area contributed by atoms with E-state index in [1.165, 1.54) is 11.3 Å². The molecule has 1 amide bonds. The van der Waals surface area contributed by atoms with Crippen LogP contribution in [0.3, 0.4) is 0 Å². The Kier molecular flexibility index (Phi) is 4.29. The van der Waals surface area contributed by atoms with Gasteiger partial charge < -0.3 is 10.4 Å². The minimum absolute atomic E-state index is 0.00835. The highest BCUT2D eigenvalue weighted by molar-refractivity contribution is 7.14. The van der Waals surface area contributed by atoms with E-state index in [9.17, 15) is 4.79 Å². The molecule has 0 spiro atoms.